The largest absolute Gasteiger partial charge is 0.390 e. The molecule has 8 heavy (non-hydrogen) atoms. The first kappa shape index (κ1) is 4.77. The van der Waals surface area contributed by atoms with Crippen LogP contribution in [0, 0.1) is 5.92 Å². The summed E-state index contributed by atoms with van der Waals surface area (Å²) in [5.41, 5.74) is 0. The van der Waals surface area contributed by atoms with Crippen LogP contribution in [0.15, 0.2) is 0 Å². The molecule has 0 unspecified atom stereocenters. The summed E-state index contributed by atoms with van der Waals surface area (Å²) in [7, 11) is 0. The molecule has 46 valence electrons. The van der Waals surface area contributed by atoms with Crippen molar-refractivity contribution in [3.8, 4) is 0 Å². The number of hydrogen-bond donors (Lipinski definition) is 1. The van der Waals surface area contributed by atoms with Crippen molar-refractivity contribution in [2.45, 2.75) is 25.0 Å². The molecule has 0 amide bonds. The third-order valence-electron chi connectivity index (χ3n) is 2.12. The highest BCUT2D eigenvalue weighted by molar-refractivity contribution is 4.88. The van der Waals surface area contributed by atoms with Crippen LogP contribution in [0.2, 0.25) is 0 Å². The fourth-order valence-corrected chi connectivity index (χ4v) is 1.65. The third kappa shape index (κ3) is 0.501. The highest BCUT2D eigenvalue weighted by Crippen LogP contribution is 2.34. The highest BCUT2D eigenvalue weighted by atomic mass is 16.5. The molecule has 1 saturated carbocycles. The minimum atomic E-state index is -0.145. The van der Waals surface area contributed by atoms with Gasteiger partial charge in [-0.15, -0.1) is 0 Å². The average Bonchev–Trinajstić information content (AvgIpc) is 2.23. The van der Waals surface area contributed by atoms with E-state index < -0.39 is 0 Å². The summed E-state index contributed by atoms with van der Waals surface area (Å²) in [6, 6.07) is 0. The van der Waals surface area contributed by atoms with Crippen molar-refractivity contribution < 1.29 is 9.84 Å². The number of hydrogen-bond acceptors (Lipinski definition) is 2. The molecule has 1 N–H and O–H groups in total. The van der Waals surface area contributed by atoms with Gasteiger partial charge in [-0.1, -0.05) is 0 Å². The summed E-state index contributed by atoms with van der Waals surface area (Å²) in [5, 5.41) is 9.09. The van der Waals surface area contributed by atoms with E-state index in [1.165, 1.54) is 0 Å². The van der Waals surface area contributed by atoms with Crippen LogP contribution in [0.3, 0.4) is 0 Å². The second kappa shape index (κ2) is 1.45. The Morgan fingerprint density at radius 3 is 2.50 bits per heavy atom. The van der Waals surface area contributed by atoms with Crippen molar-refractivity contribution in [1.82, 2.24) is 0 Å². The Hall–Kier alpha value is -0.0800. The Morgan fingerprint density at radius 2 is 2.25 bits per heavy atom. The van der Waals surface area contributed by atoms with Crippen molar-refractivity contribution in [2.75, 3.05) is 6.61 Å². The second-order valence-corrected chi connectivity index (χ2v) is 2.78. The van der Waals surface area contributed by atoms with Crippen LogP contribution in [-0.2, 0) is 4.74 Å². The van der Waals surface area contributed by atoms with Crippen LogP contribution >= 0.6 is 0 Å². The zero-order chi connectivity index (χ0) is 5.56. The van der Waals surface area contributed by atoms with E-state index in [2.05, 4.69) is 0 Å². The zero-order valence-corrected chi connectivity index (χ0v) is 4.71. The zero-order valence-electron chi connectivity index (χ0n) is 4.71. The summed E-state index contributed by atoms with van der Waals surface area (Å²) < 4.78 is 5.21. The normalized spacial score (nSPS) is 52.9. The summed E-state index contributed by atoms with van der Waals surface area (Å²) in [6.07, 6.45) is 2.12. The predicted octanol–water partition coefficient (Wildman–Crippen LogP) is 0.156. The molecule has 1 aliphatic carbocycles. The van der Waals surface area contributed by atoms with Crippen molar-refractivity contribution >= 4 is 0 Å². The van der Waals surface area contributed by atoms with Gasteiger partial charge in [0.25, 0.3) is 0 Å². The predicted molar refractivity (Wildman–Crippen MR) is 28.5 cm³/mol. The minimum Gasteiger partial charge on any atom is -0.390 e. The van der Waals surface area contributed by atoms with Crippen molar-refractivity contribution in [1.29, 1.82) is 0 Å². The Bertz CT molecular complexity index is 101. The van der Waals surface area contributed by atoms with Gasteiger partial charge in [0.15, 0.2) is 0 Å². The van der Waals surface area contributed by atoms with Crippen LogP contribution in [0.4, 0.5) is 0 Å². The monoisotopic (exact) mass is 114 g/mol. The standard InChI is InChI=1S/C6H10O2/c7-5-1-4-2-6(5)8-3-4/h4-7H,1-3H2/t4-,5-,6+/m1/s1. The first-order valence-electron chi connectivity index (χ1n) is 3.16. The molecule has 1 saturated heterocycles. The lowest BCUT2D eigenvalue weighted by molar-refractivity contribution is -0.0233. The lowest BCUT2D eigenvalue weighted by Gasteiger charge is -2.15. The summed E-state index contributed by atoms with van der Waals surface area (Å²) in [6.45, 7) is 0.891. The molecular formula is C6H10O2. The van der Waals surface area contributed by atoms with Gasteiger partial charge in [0.1, 0.15) is 0 Å². The topological polar surface area (TPSA) is 29.5 Å². The maximum Gasteiger partial charge on any atom is 0.0837 e. The van der Waals surface area contributed by atoms with E-state index in [0.717, 1.165) is 19.4 Å². The molecule has 2 aliphatic rings. The van der Waals surface area contributed by atoms with Crippen LogP contribution in [0.5, 0.6) is 0 Å². The quantitative estimate of drug-likeness (QED) is 0.486. The number of rotatable bonds is 0. The van der Waals surface area contributed by atoms with Crippen LogP contribution in [-0.4, -0.2) is 23.9 Å². The maximum atomic E-state index is 9.09. The molecule has 1 aliphatic heterocycles. The minimum absolute atomic E-state index is 0.145. The van der Waals surface area contributed by atoms with Gasteiger partial charge >= 0.3 is 0 Å². The average molecular weight is 114 g/mol. The molecule has 2 rings (SSSR count). The van der Waals surface area contributed by atoms with Gasteiger partial charge in [0.05, 0.1) is 18.8 Å². The fourth-order valence-electron chi connectivity index (χ4n) is 1.65. The van der Waals surface area contributed by atoms with Crippen LogP contribution < -0.4 is 0 Å². The molecule has 0 aromatic carbocycles. The fraction of sp³-hybridized carbons (Fsp3) is 1.00. The van der Waals surface area contributed by atoms with Gasteiger partial charge in [0, 0.05) is 0 Å². The molecule has 3 atom stereocenters. The van der Waals surface area contributed by atoms with Crippen molar-refractivity contribution in [2.24, 2.45) is 5.92 Å². The SMILES string of the molecule is O[C@@H]1C[C@H]2CO[C@H]1C2. The van der Waals surface area contributed by atoms with E-state index in [-0.39, 0.29) is 12.2 Å². The van der Waals surface area contributed by atoms with E-state index in [1.54, 1.807) is 0 Å². The molecule has 0 radical (unpaired) electrons. The molecule has 2 nitrogen and oxygen atoms in total. The van der Waals surface area contributed by atoms with E-state index in [9.17, 15) is 0 Å². The highest BCUT2D eigenvalue weighted by Gasteiger charge is 2.39. The van der Waals surface area contributed by atoms with Crippen LogP contribution in [0.25, 0.3) is 0 Å². The second-order valence-electron chi connectivity index (χ2n) is 2.78. The van der Waals surface area contributed by atoms with Gasteiger partial charge in [-0.2, -0.15) is 0 Å². The van der Waals surface area contributed by atoms with Crippen molar-refractivity contribution in [3.63, 3.8) is 0 Å². The van der Waals surface area contributed by atoms with Gasteiger partial charge in [0.2, 0.25) is 0 Å². The van der Waals surface area contributed by atoms with Gasteiger partial charge in [-0.25, -0.2) is 0 Å². The third-order valence-corrected chi connectivity index (χ3v) is 2.12. The molecule has 0 spiro atoms. The van der Waals surface area contributed by atoms with E-state index >= 15 is 0 Å². The Balaban J connectivity index is 2.11. The first-order valence-corrected chi connectivity index (χ1v) is 3.16. The first-order chi connectivity index (χ1) is 3.86. The summed E-state index contributed by atoms with van der Waals surface area (Å²) in [4.78, 5) is 0. The number of aliphatic hydroxyl groups excluding tert-OH is 1. The van der Waals surface area contributed by atoms with E-state index in [0.29, 0.717) is 5.92 Å². The van der Waals surface area contributed by atoms with E-state index in [4.69, 9.17) is 9.84 Å². The van der Waals surface area contributed by atoms with Crippen LogP contribution in [0.1, 0.15) is 12.8 Å². The van der Waals surface area contributed by atoms with Gasteiger partial charge in [-0.05, 0) is 18.8 Å². The molecular weight excluding hydrogens is 104 g/mol. The molecule has 2 fully saturated rings. The van der Waals surface area contributed by atoms with Crippen molar-refractivity contribution in [3.05, 3.63) is 0 Å². The molecule has 0 aromatic rings. The lowest BCUT2D eigenvalue weighted by atomic mass is 10.1. The molecule has 2 heteroatoms. The van der Waals surface area contributed by atoms with E-state index in [1.807, 2.05) is 0 Å². The Morgan fingerprint density at radius 1 is 1.38 bits per heavy atom. The molecule has 0 aromatic heterocycles. The smallest absolute Gasteiger partial charge is 0.0837 e. The Kier molecular flexibility index (Phi) is 0.866. The van der Waals surface area contributed by atoms with Gasteiger partial charge in [-0.3, -0.25) is 0 Å². The molecule has 1 heterocycles. The number of aliphatic hydroxyl groups is 1. The van der Waals surface area contributed by atoms with Gasteiger partial charge < -0.3 is 9.84 Å². The number of fused-ring (bicyclic) bond motifs is 2. The Labute approximate surface area is 48.5 Å². The summed E-state index contributed by atoms with van der Waals surface area (Å²) >= 11 is 0. The summed E-state index contributed by atoms with van der Waals surface area (Å²) in [5.74, 6) is 0.676. The molecule has 2 bridgehead atoms. The maximum absolute atomic E-state index is 9.09. The number of ether oxygens (including phenoxy) is 1. The lowest BCUT2D eigenvalue weighted by Crippen LogP contribution is -2.24.